The number of aliphatic hydroxyl groups is 1. The highest BCUT2D eigenvalue weighted by atomic mass is 32.2. The van der Waals surface area contributed by atoms with Gasteiger partial charge in [0.25, 0.3) is 10.2 Å². The fourth-order valence-electron chi connectivity index (χ4n) is 3.30. The summed E-state index contributed by atoms with van der Waals surface area (Å²) in [5.74, 6) is 0.0586. The van der Waals surface area contributed by atoms with Crippen molar-refractivity contribution in [2.24, 2.45) is 5.92 Å². The van der Waals surface area contributed by atoms with E-state index in [9.17, 15) is 18.3 Å². The molecule has 1 amide bonds. The Morgan fingerprint density at radius 3 is 2.03 bits per heavy atom. The van der Waals surface area contributed by atoms with E-state index in [2.05, 4.69) is 5.32 Å². The molecule has 0 fully saturated rings. The largest absolute Gasteiger partial charge is 0.445 e. The highest BCUT2D eigenvalue weighted by Gasteiger charge is 2.31. The average molecular weight is 478 g/mol. The molecule has 2 aromatic carbocycles. The minimum absolute atomic E-state index is 0.0586. The Morgan fingerprint density at radius 2 is 1.52 bits per heavy atom. The minimum Gasteiger partial charge on any atom is -0.445 e. The molecule has 2 rings (SSSR count). The zero-order valence-corrected chi connectivity index (χ0v) is 20.5. The van der Waals surface area contributed by atoms with E-state index in [0.29, 0.717) is 6.42 Å². The molecule has 1 unspecified atom stereocenters. The molecule has 2 N–H and O–H groups in total. The molecule has 2 atom stereocenters. The molecular weight excluding hydrogens is 442 g/mol. The van der Waals surface area contributed by atoms with Gasteiger partial charge in [0.1, 0.15) is 6.61 Å². The van der Waals surface area contributed by atoms with Gasteiger partial charge in [-0.15, -0.1) is 0 Å². The third-order valence-corrected chi connectivity index (χ3v) is 6.90. The number of carbonyl (C=O) groups is 1. The molecule has 2 aromatic rings. The topological polar surface area (TPSA) is 99.2 Å². The van der Waals surface area contributed by atoms with E-state index in [1.54, 1.807) is 0 Å². The van der Waals surface area contributed by atoms with Crippen LogP contribution in [0.2, 0.25) is 0 Å². The van der Waals surface area contributed by atoms with Gasteiger partial charge in [-0.05, 0) is 23.5 Å². The predicted molar refractivity (Wildman–Crippen MR) is 129 cm³/mol. The summed E-state index contributed by atoms with van der Waals surface area (Å²) >= 11 is 0. The lowest BCUT2D eigenvalue weighted by Crippen LogP contribution is -2.52. The van der Waals surface area contributed by atoms with Gasteiger partial charge in [0, 0.05) is 27.2 Å². The van der Waals surface area contributed by atoms with Crippen molar-refractivity contribution in [1.29, 1.82) is 0 Å². The molecular formula is C24H35N3O5S. The van der Waals surface area contributed by atoms with Gasteiger partial charge >= 0.3 is 6.09 Å². The number of amides is 1. The van der Waals surface area contributed by atoms with Gasteiger partial charge in [-0.3, -0.25) is 0 Å². The van der Waals surface area contributed by atoms with Crippen molar-refractivity contribution in [1.82, 2.24) is 13.9 Å². The zero-order valence-electron chi connectivity index (χ0n) is 19.7. The van der Waals surface area contributed by atoms with Gasteiger partial charge in [-0.1, -0.05) is 74.5 Å². The summed E-state index contributed by atoms with van der Waals surface area (Å²) in [6, 6.07) is 17.9. The van der Waals surface area contributed by atoms with E-state index in [1.165, 1.54) is 18.4 Å². The monoisotopic (exact) mass is 477 g/mol. The van der Waals surface area contributed by atoms with Crippen LogP contribution in [0.1, 0.15) is 25.0 Å². The quantitative estimate of drug-likeness (QED) is 0.490. The van der Waals surface area contributed by atoms with Gasteiger partial charge < -0.3 is 15.2 Å². The summed E-state index contributed by atoms with van der Waals surface area (Å²) in [7, 11) is -0.839. The second-order valence-electron chi connectivity index (χ2n) is 8.57. The molecule has 0 aliphatic carbocycles. The van der Waals surface area contributed by atoms with Crippen LogP contribution in [0.25, 0.3) is 0 Å². The maximum absolute atomic E-state index is 12.8. The Labute approximate surface area is 197 Å². The van der Waals surface area contributed by atoms with Crippen molar-refractivity contribution >= 4 is 16.3 Å². The average Bonchev–Trinajstić information content (AvgIpc) is 2.77. The highest BCUT2D eigenvalue weighted by Crippen LogP contribution is 2.14. The molecule has 0 saturated carbocycles. The lowest BCUT2D eigenvalue weighted by atomic mass is 10.0. The van der Waals surface area contributed by atoms with Gasteiger partial charge in [-0.25, -0.2) is 4.79 Å². The Kier molecular flexibility index (Phi) is 10.3. The Bertz CT molecular complexity index is 953. The third kappa shape index (κ3) is 8.77. The van der Waals surface area contributed by atoms with Crippen LogP contribution in [-0.2, 0) is 28.0 Å². The number of rotatable bonds is 12. The fourth-order valence-corrected chi connectivity index (χ4v) is 4.59. The molecule has 0 heterocycles. The number of benzene rings is 2. The molecule has 0 aromatic heterocycles. The Hall–Kier alpha value is -2.46. The maximum atomic E-state index is 12.8. The minimum atomic E-state index is -3.75. The molecule has 182 valence electrons. The van der Waals surface area contributed by atoms with Crippen molar-refractivity contribution < 1.29 is 23.1 Å². The molecule has 0 aliphatic rings. The van der Waals surface area contributed by atoms with Crippen LogP contribution in [-0.4, -0.2) is 67.6 Å². The van der Waals surface area contributed by atoms with Gasteiger partial charge in [0.2, 0.25) is 0 Å². The summed E-state index contributed by atoms with van der Waals surface area (Å²) in [5, 5.41) is 13.8. The van der Waals surface area contributed by atoms with Crippen LogP contribution in [0.15, 0.2) is 60.7 Å². The van der Waals surface area contributed by atoms with Crippen LogP contribution >= 0.6 is 0 Å². The van der Waals surface area contributed by atoms with E-state index in [0.717, 1.165) is 15.4 Å². The van der Waals surface area contributed by atoms with Crippen LogP contribution in [0.4, 0.5) is 4.79 Å². The van der Waals surface area contributed by atoms with Gasteiger partial charge in [0.15, 0.2) is 0 Å². The molecule has 0 spiro atoms. The van der Waals surface area contributed by atoms with Crippen molar-refractivity contribution in [2.45, 2.75) is 39.0 Å². The first-order valence-corrected chi connectivity index (χ1v) is 12.4. The molecule has 0 bridgehead atoms. The normalized spacial score (nSPS) is 13.8. The van der Waals surface area contributed by atoms with Crippen LogP contribution in [0.3, 0.4) is 0 Å². The summed E-state index contributed by atoms with van der Waals surface area (Å²) < 4.78 is 33.3. The smallest absolute Gasteiger partial charge is 0.407 e. The Morgan fingerprint density at radius 1 is 0.970 bits per heavy atom. The summed E-state index contributed by atoms with van der Waals surface area (Å²) in [4.78, 5) is 12.5. The first-order chi connectivity index (χ1) is 15.6. The third-order valence-electron chi connectivity index (χ3n) is 5.03. The maximum Gasteiger partial charge on any atom is 0.407 e. The lowest BCUT2D eigenvalue weighted by Gasteiger charge is -2.31. The molecule has 0 saturated heterocycles. The number of alkyl carbamates (subject to hydrolysis) is 1. The van der Waals surface area contributed by atoms with Gasteiger partial charge in [-0.2, -0.15) is 17.0 Å². The van der Waals surface area contributed by atoms with Crippen molar-refractivity contribution in [3.8, 4) is 0 Å². The molecule has 0 radical (unpaired) electrons. The van der Waals surface area contributed by atoms with Crippen LogP contribution < -0.4 is 5.32 Å². The number of nitrogens with one attached hydrogen (secondary N) is 1. The zero-order chi connectivity index (χ0) is 24.4. The first kappa shape index (κ1) is 26.8. The Balaban J connectivity index is 2.15. The van der Waals surface area contributed by atoms with Crippen molar-refractivity contribution in [3.63, 3.8) is 0 Å². The second kappa shape index (κ2) is 12.7. The summed E-state index contributed by atoms with van der Waals surface area (Å²) in [5.41, 5.74) is 1.74. The van der Waals surface area contributed by atoms with Gasteiger partial charge in [0.05, 0.1) is 12.1 Å². The summed E-state index contributed by atoms with van der Waals surface area (Å²) in [6.07, 6.45) is -1.51. The van der Waals surface area contributed by atoms with Crippen molar-refractivity contribution in [2.75, 3.05) is 27.2 Å². The van der Waals surface area contributed by atoms with E-state index in [4.69, 9.17) is 4.74 Å². The number of hydrogen-bond donors (Lipinski definition) is 2. The van der Waals surface area contributed by atoms with E-state index in [1.807, 2.05) is 74.5 Å². The lowest BCUT2D eigenvalue weighted by molar-refractivity contribution is 0.0863. The number of hydrogen-bond acceptors (Lipinski definition) is 5. The number of ether oxygens (including phenoxy) is 1. The number of nitrogens with zero attached hydrogens (tertiary/aromatic N) is 2. The molecule has 8 nitrogen and oxygen atoms in total. The SMILES string of the molecule is CC(C)CN(C[C@@H](O)C(Cc1ccccc1)NC(=O)OCc1ccccc1)S(=O)(=O)N(C)C. The first-order valence-electron chi connectivity index (χ1n) is 11.0. The van der Waals surface area contributed by atoms with Crippen molar-refractivity contribution in [3.05, 3.63) is 71.8 Å². The molecule has 0 aliphatic heterocycles. The molecule has 9 heteroatoms. The van der Waals surface area contributed by atoms with Crippen LogP contribution in [0.5, 0.6) is 0 Å². The van der Waals surface area contributed by atoms with E-state index >= 15 is 0 Å². The number of aliphatic hydroxyl groups excluding tert-OH is 1. The predicted octanol–water partition coefficient (Wildman–Crippen LogP) is 2.65. The number of carbonyl (C=O) groups excluding carboxylic acids is 1. The van der Waals surface area contributed by atoms with E-state index in [-0.39, 0.29) is 25.6 Å². The van der Waals surface area contributed by atoms with E-state index < -0.39 is 28.4 Å². The van der Waals surface area contributed by atoms with Crippen LogP contribution in [0, 0.1) is 5.92 Å². The highest BCUT2D eigenvalue weighted by molar-refractivity contribution is 7.86. The second-order valence-corrected chi connectivity index (χ2v) is 10.7. The summed E-state index contributed by atoms with van der Waals surface area (Å²) in [6.45, 7) is 4.00. The fraction of sp³-hybridized carbons (Fsp3) is 0.458. The molecule has 33 heavy (non-hydrogen) atoms. The standard InChI is InChI=1S/C24H35N3O5S/c1-19(2)16-27(33(30,31)26(3)4)17-23(28)22(15-20-11-7-5-8-12-20)25-24(29)32-18-21-13-9-6-10-14-21/h5-14,19,22-23,28H,15-18H2,1-4H3,(H,25,29)/t22?,23-/m1/s1.